The summed E-state index contributed by atoms with van der Waals surface area (Å²) in [6.45, 7) is 7.69. The van der Waals surface area contributed by atoms with Crippen LogP contribution in [0.4, 0.5) is 10.6 Å². The van der Waals surface area contributed by atoms with Crippen molar-refractivity contribution in [3.05, 3.63) is 23.9 Å². The van der Waals surface area contributed by atoms with Gasteiger partial charge in [0.2, 0.25) is 0 Å². The minimum Gasteiger partial charge on any atom is -0.592 e. The van der Waals surface area contributed by atoms with E-state index in [2.05, 4.69) is 11.1 Å². The van der Waals surface area contributed by atoms with Crippen LogP contribution in [0.1, 0.15) is 58.4 Å². The van der Waals surface area contributed by atoms with Gasteiger partial charge in [-0.1, -0.05) is 6.07 Å². The molecule has 1 unspecified atom stereocenters. The fourth-order valence-electron chi connectivity index (χ4n) is 3.98. The van der Waals surface area contributed by atoms with Gasteiger partial charge in [-0.3, -0.25) is 0 Å². The lowest BCUT2D eigenvalue weighted by Crippen LogP contribution is -2.51. The molecule has 2 aliphatic rings. The van der Waals surface area contributed by atoms with Crippen LogP contribution in [-0.2, 0) is 22.5 Å². The lowest BCUT2D eigenvalue weighted by atomic mass is 9.97. The molecule has 7 nitrogen and oxygen atoms in total. The van der Waals surface area contributed by atoms with Crippen LogP contribution in [0, 0.1) is 0 Å². The molecule has 1 aromatic rings. The second-order valence-corrected chi connectivity index (χ2v) is 11.0. The molecule has 0 radical (unpaired) electrons. The molecule has 3 heterocycles. The number of aryl methyl sites for hydroxylation is 1. The highest BCUT2D eigenvalue weighted by Crippen LogP contribution is 2.36. The number of fused-ring (bicyclic) bond motifs is 1. The molecule has 8 heteroatoms. The maximum atomic E-state index is 13.3. The summed E-state index contributed by atoms with van der Waals surface area (Å²) in [4.78, 5) is 17.0. The molecule has 0 aliphatic carbocycles. The van der Waals surface area contributed by atoms with E-state index in [-0.39, 0.29) is 16.9 Å². The molecule has 3 atom stereocenters. The maximum absolute atomic E-state index is 13.3. The lowest BCUT2D eigenvalue weighted by molar-refractivity contribution is 0.0558. The summed E-state index contributed by atoms with van der Waals surface area (Å²) in [5, 5.41) is 9.02. The van der Waals surface area contributed by atoms with E-state index in [1.807, 2.05) is 31.1 Å². The first-order valence-corrected chi connectivity index (χ1v) is 11.6. The zero-order chi connectivity index (χ0) is 21.0. The van der Waals surface area contributed by atoms with E-state index < -0.39 is 17.5 Å². The van der Waals surface area contributed by atoms with Crippen LogP contribution in [0.3, 0.4) is 0 Å². The van der Waals surface area contributed by atoms with Gasteiger partial charge in [-0.05, 0) is 70.9 Å². The molecule has 1 N–H and O–H groups in total. The Kier molecular flexibility index (Phi) is 7.29. The Morgan fingerprint density at radius 2 is 2.17 bits per heavy atom. The van der Waals surface area contributed by atoms with Crippen molar-refractivity contribution in [2.45, 2.75) is 76.2 Å². The Hall–Kier alpha value is -1.51. The standard InChI is InChI=1S/C21H33N3O4S/c1-21(2,3)29(27)24-17(10-9-16-7-6-12-22-19(16)24)8-4-5-14-28-18-11-13-23(15-18)20(25)26/h6-7,12,17-18H,4-5,8-11,13-15H2,1-3H3,(H,25,26)/t17-,18-,29?/m1/s1. The normalized spacial score (nSPS) is 23.2. The fraction of sp³-hybridized carbons (Fsp3) is 0.714. The summed E-state index contributed by atoms with van der Waals surface area (Å²) in [5.74, 6) is 0.868. The van der Waals surface area contributed by atoms with Gasteiger partial charge < -0.3 is 19.3 Å². The van der Waals surface area contributed by atoms with E-state index in [9.17, 15) is 9.35 Å². The molecule has 29 heavy (non-hydrogen) atoms. The first-order valence-electron chi connectivity index (χ1n) is 10.5. The average molecular weight is 424 g/mol. The summed E-state index contributed by atoms with van der Waals surface area (Å²) < 4.78 is 20.8. The van der Waals surface area contributed by atoms with Gasteiger partial charge in [0.25, 0.3) is 0 Å². The zero-order valence-electron chi connectivity index (χ0n) is 17.7. The van der Waals surface area contributed by atoms with Gasteiger partial charge in [-0.15, -0.1) is 0 Å². The van der Waals surface area contributed by atoms with Crippen LogP contribution in [0.15, 0.2) is 18.3 Å². The van der Waals surface area contributed by atoms with E-state index in [1.54, 1.807) is 6.20 Å². The number of anilines is 1. The number of unbranched alkanes of at least 4 members (excludes halogenated alkanes) is 1. The van der Waals surface area contributed by atoms with E-state index in [1.165, 1.54) is 10.5 Å². The molecule has 0 saturated carbocycles. The predicted molar refractivity (Wildman–Crippen MR) is 115 cm³/mol. The van der Waals surface area contributed by atoms with E-state index in [0.29, 0.717) is 19.7 Å². The van der Waals surface area contributed by atoms with E-state index >= 15 is 0 Å². The highest BCUT2D eigenvalue weighted by molar-refractivity contribution is 7.94. The van der Waals surface area contributed by atoms with Crippen LogP contribution in [-0.4, -0.2) is 62.2 Å². The van der Waals surface area contributed by atoms with Crippen molar-refractivity contribution in [2.24, 2.45) is 0 Å². The Bertz CT molecular complexity index is 697. The molecule has 1 saturated heterocycles. The molecule has 3 rings (SSSR count). The first kappa shape index (κ1) is 22.2. The van der Waals surface area contributed by atoms with Gasteiger partial charge in [0.1, 0.15) is 4.75 Å². The van der Waals surface area contributed by atoms with E-state index in [0.717, 1.165) is 44.3 Å². The summed E-state index contributed by atoms with van der Waals surface area (Å²) in [7, 11) is 0. The fourth-order valence-corrected chi connectivity index (χ4v) is 5.37. The minimum absolute atomic E-state index is 0.0155. The van der Waals surface area contributed by atoms with E-state index in [4.69, 9.17) is 9.84 Å². The largest absolute Gasteiger partial charge is 0.592 e. The SMILES string of the molecule is CC(C)(C)[S+]([O-])N1c2ncccc2CC[C@H]1CCCCO[C@@H]1CCN(C(=O)O)C1. The number of nitrogens with zero attached hydrogens (tertiary/aromatic N) is 3. The van der Waals surface area contributed by atoms with Gasteiger partial charge in [0.15, 0.2) is 5.82 Å². The van der Waals surface area contributed by atoms with Crippen LogP contribution in [0.25, 0.3) is 0 Å². The molecule has 0 spiro atoms. The number of likely N-dealkylation sites (tertiary alicyclic amines) is 1. The molecular weight excluding hydrogens is 390 g/mol. The average Bonchev–Trinajstić information content (AvgIpc) is 3.15. The summed E-state index contributed by atoms with van der Waals surface area (Å²) in [5.41, 5.74) is 1.17. The van der Waals surface area contributed by atoms with Gasteiger partial charge in [0.05, 0.1) is 30.1 Å². The highest BCUT2D eigenvalue weighted by atomic mass is 32.2. The quantitative estimate of drug-likeness (QED) is 0.532. The molecule has 0 bridgehead atoms. The number of rotatable bonds is 7. The van der Waals surface area contributed by atoms with Crippen molar-refractivity contribution in [2.75, 3.05) is 24.0 Å². The molecule has 162 valence electrons. The Balaban J connectivity index is 1.51. The Morgan fingerprint density at radius 3 is 2.86 bits per heavy atom. The van der Waals surface area contributed by atoms with Crippen LogP contribution < -0.4 is 4.31 Å². The van der Waals surface area contributed by atoms with Gasteiger partial charge >= 0.3 is 6.09 Å². The van der Waals surface area contributed by atoms with Gasteiger partial charge in [-0.2, -0.15) is 4.31 Å². The number of amides is 1. The maximum Gasteiger partial charge on any atom is 0.407 e. The second-order valence-electron chi connectivity index (χ2n) is 8.87. The predicted octanol–water partition coefficient (Wildman–Crippen LogP) is 3.60. The number of pyridine rings is 1. The molecule has 1 amide bonds. The van der Waals surface area contributed by atoms with Gasteiger partial charge in [-0.25, -0.2) is 9.78 Å². The summed E-state index contributed by atoms with van der Waals surface area (Å²) >= 11 is -1.15. The van der Waals surface area contributed by atoms with Crippen LogP contribution >= 0.6 is 0 Å². The number of carbonyl (C=O) groups is 1. The monoisotopic (exact) mass is 423 g/mol. The molecule has 1 fully saturated rings. The van der Waals surface area contributed by atoms with Crippen molar-refractivity contribution in [3.63, 3.8) is 0 Å². The number of hydrogen-bond acceptors (Lipinski definition) is 5. The molecule has 1 aromatic heterocycles. The highest BCUT2D eigenvalue weighted by Gasteiger charge is 2.41. The smallest absolute Gasteiger partial charge is 0.407 e. The zero-order valence-corrected chi connectivity index (χ0v) is 18.5. The minimum atomic E-state index is -1.15. The van der Waals surface area contributed by atoms with Gasteiger partial charge in [0, 0.05) is 19.3 Å². The van der Waals surface area contributed by atoms with Crippen molar-refractivity contribution in [1.82, 2.24) is 9.88 Å². The van der Waals surface area contributed by atoms with Crippen LogP contribution in [0.2, 0.25) is 0 Å². The number of carboxylic acid groups (broad SMARTS) is 1. The third-order valence-electron chi connectivity index (χ3n) is 5.56. The molecule has 2 aliphatic heterocycles. The topological polar surface area (TPSA) is 89.0 Å². The first-order chi connectivity index (χ1) is 13.8. The van der Waals surface area contributed by atoms with Crippen molar-refractivity contribution < 1.29 is 19.2 Å². The van der Waals surface area contributed by atoms with Crippen molar-refractivity contribution >= 4 is 23.3 Å². The summed E-state index contributed by atoms with van der Waals surface area (Å²) in [6, 6.07) is 4.25. The third kappa shape index (κ3) is 5.55. The van der Waals surface area contributed by atoms with Crippen molar-refractivity contribution in [1.29, 1.82) is 0 Å². The lowest BCUT2D eigenvalue weighted by Gasteiger charge is -2.41. The van der Waals surface area contributed by atoms with Crippen molar-refractivity contribution in [3.8, 4) is 0 Å². The number of aromatic nitrogens is 1. The summed E-state index contributed by atoms with van der Waals surface area (Å²) in [6.07, 6.45) is 6.51. The third-order valence-corrected chi connectivity index (χ3v) is 7.43. The Morgan fingerprint density at radius 1 is 1.38 bits per heavy atom. The number of hydrogen-bond donors (Lipinski definition) is 1. The molecule has 0 aromatic carbocycles. The number of ether oxygens (including phenoxy) is 1. The molecular formula is C21H33N3O4S. The second kappa shape index (κ2) is 9.53. The van der Waals surface area contributed by atoms with Crippen LogP contribution in [0.5, 0.6) is 0 Å². The Labute approximate surface area is 176 Å².